The highest BCUT2D eigenvalue weighted by Crippen LogP contribution is 2.49. The van der Waals surface area contributed by atoms with Crippen molar-refractivity contribution in [2.24, 2.45) is 17.8 Å². The Kier molecular flexibility index (Phi) is 4.96. The van der Waals surface area contributed by atoms with E-state index in [0.717, 1.165) is 33.9 Å². The lowest BCUT2D eigenvalue weighted by molar-refractivity contribution is -0.118. The van der Waals surface area contributed by atoms with E-state index >= 15 is 0 Å². The molecule has 2 saturated carbocycles. The molecule has 160 valence electrons. The number of hydrogen-bond donors (Lipinski definition) is 1. The zero-order valence-corrected chi connectivity index (χ0v) is 17.9. The first-order valence-corrected chi connectivity index (χ1v) is 11.0. The van der Waals surface area contributed by atoms with Crippen LogP contribution in [0, 0.1) is 17.8 Å². The fraction of sp³-hybridized carbons (Fsp3) is 0.417. The summed E-state index contributed by atoms with van der Waals surface area (Å²) in [7, 11) is 3.86. The van der Waals surface area contributed by atoms with Crippen molar-refractivity contribution in [1.29, 1.82) is 0 Å². The quantitative estimate of drug-likeness (QED) is 0.688. The summed E-state index contributed by atoms with van der Waals surface area (Å²) < 4.78 is 0. The number of nitrogens with one attached hydrogen (secondary N) is 1. The number of pyridine rings is 1. The topological polar surface area (TPSA) is 80.1 Å². The van der Waals surface area contributed by atoms with Crippen molar-refractivity contribution in [2.75, 3.05) is 24.4 Å². The fourth-order valence-corrected chi connectivity index (χ4v) is 5.30. The van der Waals surface area contributed by atoms with Gasteiger partial charge < -0.3 is 4.90 Å². The van der Waals surface area contributed by atoms with Gasteiger partial charge in [-0.25, -0.2) is 10.4 Å². The maximum absolute atomic E-state index is 13.0. The van der Waals surface area contributed by atoms with Gasteiger partial charge in [0.25, 0.3) is 5.56 Å². The van der Waals surface area contributed by atoms with Crippen LogP contribution in [0.2, 0.25) is 0 Å². The van der Waals surface area contributed by atoms with Crippen LogP contribution in [0.4, 0.5) is 5.82 Å². The Balaban J connectivity index is 1.47. The number of anilines is 1. The Labute approximate surface area is 181 Å². The molecular formula is C24H27N5O2. The zero-order chi connectivity index (χ0) is 21.5. The number of rotatable bonds is 5. The molecule has 1 N–H and O–H groups in total. The van der Waals surface area contributed by atoms with E-state index in [2.05, 4.69) is 15.5 Å². The van der Waals surface area contributed by atoms with Crippen molar-refractivity contribution in [3.63, 3.8) is 0 Å². The average molecular weight is 418 g/mol. The van der Waals surface area contributed by atoms with Crippen molar-refractivity contribution >= 4 is 22.5 Å². The number of amides is 1. The highest BCUT2D eigenvalue weighted by Gasteiger charge is 2.40. The second-order valence-corrected chi connectivity index (χ2v) is 9.08. The Morgan fingerprint density at radius 1 is 1.13 bits per heavy atom. The Hall–Kier alpha value is -3.22. The minimum atomic E-state index is -0.321. The van der Waals surface area contributed by atoms with Gasteiger partial charge in [0.05, 0.1) is 5.39 Å². The molecule has 0 unspecified atom stereocenters. The molecule has 1 aromatic carbocycles. The molecule has 0 radical (unpaired) electrons. The largest absolute Gasteiger partial charge is 0.363 e. The van der Waals surface area contributed by atoms with Crippen LogP contribution in [-0.2, 0) is 4.79 Å². The van der Waals surface area contributed by atoms with Gasteiger partial charge in [0.15, 0.2) is 0 Å². The summed E-state index contributed by atoms with van der Waals surface area (Å²) in [4.78, 5) is 33.3. The summed E-state index contributed by atoms with van der Waals surface area (Å²) in [5, 5.41) is 5.79. The summed E-state index contributed by atoms with van der Waals surface area (Å²) in [5.74, 6) is 2.56. The smallest absolute Gasteiger partial charge is 0.294 e. The van der Waals surface area contributed by atoms with E-state index in [-0.39, 0.29) is 11.5 Å². The zero-order valence-electron chi connectivity index (χ0n) is 17.9. The van der Waals surface area contributed by atoms with Gasteiger partial charge in [-0.15, -0.1) is 9.89 Å². The van der Waals surface area contributed by atoms with Crippen LogP contribution >= 0.6 is 0 Å². The number of carbonyl (C=O) groups is 1. The highest BCUT2D eigenvalue weighted by molar-refractivity contribution is 5.94. The van der Waals surface area contributed by atoms with Crippen LogP contribution in [0.1, 0.15) is 32.1 Å². The molecule has 0 spiro atoms. The number of carbonyl (C=O) groups excluding carboxylic acids is 1. The lowest BCUT2D eigenvalue weighted by Gasteiger charge is -2.21. The second-order valence-electron chi connectivity index (χ2n) is 9.08. The van der Waals surface area contributed by atoms with E-state index < -0.39 is 0 Å². The molecule has 31 heavy (non-hydrogen) atoms. The average Bonchev–Trinajstić information content (AvgIpc) is 3.39. The van der Waals surface area contributed by atoms with Gasteiger partial charge in [0.2, 0.25) is 5.91 Å². The molecule has 3 atom stereocenters. The summed E-state index contributed by atoms with van der Waals surface area (Å²) >= 11 is 0. The van der Waals surface area contributed by atoms with Crippen LogP contribution in [-0.4, -0.2) is 34.9 Å². The van der Waals surface area contributed by atoms with Gasteiger partial charge in [0, 0.05) is 37.7 Å². The second kappa shape index (κ2) is 7.80. The first-order chi connectivity index (χ1) is 15.0. The van der Waals surface area contributed by atoms with Gasteiger partial charge in [-0.3, -0.25) is 9.59 Å². The molecule has 0 saturated heterocycles. The molecule has 2 fully saturated rings. The maximum Gasteiger partial charge on any atom is 0.294 e. The van der Waals surface area contributed by atoms with Crippen molar-refractivity contribution < 1.29 is 4.79 Å². The fourth-order valence-electron chi connectivity index (χ4n) is 5.30. The van der Waals surface area contributed by atoms with E-state index in [1.165, 1.54) is 19.3 Å². The van der Waals surface area contributed by atoms with Crippen molar-refractivity contribution in [3.8, 4) is 11.3 Å². The number of fused-ring (bicyclic) bond motifs is 3. The summed E-state index contributed by atoms with van der Waals surface area (Å²) in [5.41, 5.74) is 3.84. The minimum Gasteiger partial charge on any atom is -0.363 e. The van der Waals surface area contributed by atoms with Crippen LogP contribution in [0.25, 0.3) is 22.0 Å². The molecule has 0 aliphatic heterocycles. The minimum absolute atomic E-state index is 0.144. The molecule has 2 aliphatic carbocycles. The van der Waals surface area contributed by atoms with E-state index in [0.29, 0.717) is 29.3 Å². The highest BCUT2D eigenvalue weighted by atomic mass is 16.2. The molecule has 2 heterocycles. The van der Waals surface area contributed by atoms with Gasteiger partial charge in [-0.1, -0.05) is 24.6 Å². The van der Waals surface area contributed by atoms with E-state index in [1.807, 2.05) is 49.3 Å². The first kappa shape index (κ1) is 19.7. The summed E-state index contributed by atoms with van der Waals surface area (Å²) in [6.07, 6.45) is 7.13. The molecule has 7 heteroatoms. The molecule has 2 aromatic heterocycles. The third-order valence-corrected chi connectivity index (χ3v) is 6.85. The van der Waals surface area contributed by atoms with E-state index in [9.17, 15) is 9.59 Å². The van der Waals surface area contributed by atoms with Crippen LogP contribution < -0.4 is 15.9 Å². The number of nitrogens with zero attached hydrogens (tertiary/aromatic N) is 4. The molecule has 2 aliphatic rings. The van der Waals surface area contributed by atoms with Crippen molar-refractivity contribution in [3.05, 3.63) is 52.9 Å². The monoisotopic (exact) mass is 417 g/mol. The number of aromatic nitrogens is 3. The molecule has 5 rings (SSSR count). The summed E-state index contributed by atoms with van der Waals surface area (Å²) in [6.45, 7) is 0. The number of hydrogen-bond acceptors (Lipinski definition) is 5. The number of benzene rings is 1. The SMILES string of the molecule is CN(C)c1ccc(-c2nn(NC(=O)C[C@H]3C[C@@H]4CC[C@H]3C4)c(=O)c3ccccc23)cn1. The van der Waals surface area contributed by atoms with E-state index in [1.54, 1.807) is 12.3 Å². The third-order valence-electron chi connectivity index (χ3n) is 6.85. The Bertz CT molecular complexity index is 1180. The van der Waals surface area contributed by atoms with Gasteiger partial charge in [0.1, 0.15) is 11.5 Å². The lowest BCUT2D eigenvalue weighted by atomic mass is 9.86. The molecule has 1 amide bonds. The Morgan fingerprint density at radius 2 is 1.94 bits per heavy atom. The molecule has 3 aromatic rings. The normalized spacial score (nSPS) is 22.1. The van der Waals surface area contributed by atoms with Gasteiger partial charge in [-0.05, 0) is 55.2 Å². The molecule has 7 nitrogen and oxygen atoms in total. The standard InChI is InChI=1S/C24H27N5O2/c1-28(2)21-10-9-17(14-25-21)23-19-5-3-4-6-20(19)24(31)29(27-23)26-22(30)13-18-12-15-7-8-16(18)11-15/h3-6,9-10,14-16,18H,7-8,11-13H2,1-2H3,(H,26,30)/t15-,16+,18-/m1/s1. The predicted octanol–water partition coefficient (Wildman–Crippen LogP) is 3.42. The van der Waals surface area contributed by atoms with E-state index in [4.69, 9.17) is 0 Å². The Morgan fingerprint density at radius 3 is 2.58 bits per heavy atom. The van der Waals surface area contributed by atoms with Crippen molar-refractivity contribution in [2.45, 2.75) is 32.1 Å². The predicted molar refractivity (Wildman–Crippen MR) is 121 cm³/mol. The lowest BCUT2D eigenvalue weighted by Crippen LogP contribution is -2.36. The van der Waals surface area contributed by atoms with Crippen LogP contribution in [0.15, 0.2) is 47.4 Å². The van der Waals surface area contributed by atoms with Crippen LogP contribution in [0.3, 0.4) is 0 Å². The van der Waals surface area contributed by atoms with Crippen LogP contribution in [0.5, 0.6) is 0 Å². The van der Waals surface area contributed by atoms with Gasteiger partial charge in [-0.2, -0.15) is 0 Å². The maximum atomic E-state index is 13.0. The molecule has 2 bridgehead atoms. The third kappa shape index (κ3) is 3.69. The van der Waals surface area contributed by atoms with Gasteiger partial charge >= 0.3 is 0 Å². The van der Waals surface area contributed by atoms with Crippen molar-refractivity contribution in [1.82, 2.24) is 14.9 Å². The first-order valence-electron chi connectivity index (χ1n) is 11.0. The molecular weight excluding hydrogens is 390 g/mol. The summed E-state index contributed by atoms with van der Waals surface area (Å²) in [6, 6.07) is 11.2.